The SMILES string of the molecule is Cc1ccc(C(C)Nc2nc(C)c(C(=O)O)s2)o1. The number of aromatic nitrogens is 1. The molecule has 2 aromatic heterocycles. The van der Waals surface area contributed by atoms with Crippen molar-refractivity contribution in [3.05, 3.63) is 34.2 Å². The van der Waals surface area contributed by atoms with Crippen LogP contribution in [0.2, 0.25) is 0 Å². The van der Waals surface area contributed by atoms with Gasteiger partial charge < -0.3 is 14.8 Å². The first-order valence-corrected chi connectivity index (χ1v) is 6.32. The number of furan rings is 1. The topological polar surface area (TPSA) is 75.4 Å². The van der Waals surface area contributed by atoms with Gasteiger partial charge in [-0.05, 0) is 32.9 Å². The van der Waals surface area contributed by atoms with Crippen LogP contribution in [0, 0.1) is 13.8 Å². The van der Waals surface area contributed by atoms with Crippen LogP contribution in [0.15, 0.2) is 16.5 Å². The van der Waals surface area contributed by atoms with Gasteiger partial charge in [-0.1, -0.05) is 11.3 Å². The summed E-state index contributed by atoms with van der Waals surface area (Å²) >= 11 is 1.13. The molecule has 0 amide bonds. The number of nitrogens with one attached hydrogen (secondary N) is 1. The van der Waals surface area contributed by atoms with Crippen molar-refractivity contribution >= 4 is 22.4 Å². The van der Waals surface area contributed by atoms with E-state index in [4.69, 9.17) is 9.52 Å². The normalized spacial score (nSPS) is 12.4. The first kappa shape index (κ1) is 12.6. The standard InChI is InChI=1S/C12H14N2O3S/c1-6-4-5-9(17-6)7(2)13-12-14-8(3)10(18-12)11(15)16/h4-5,7H,1-3H3,(H,13,14)(H,15,16). The quantitative estimate of drug-likeness (QED) is 0.888. The van der Waals surface area contributed by atoms with E-state index in [1.807, 2.05) is 26.0 Å². The summed E-state index contributed by atoms with van der Waals surface area (Å²) in [5.41, 5.74) is 0.526. The summed E-state index contributed by atoms with van der Waals surface area (Å²) in [5.74, 6) is 0.706. The predicted molar refractivity (Wildman–Crippen MR) is 69.3 cm³/mol. The molecule has 5 nitrogen and oxygen atoms in total. The van der Waals surface area contributed by atoms with E-state index in [1.54, 1.807) is 6.92 Å². The van der Waals surface area contributed by atoms with Crippen molar-refractivity contribution in [2.45, 2.75) is 26.8 Å². The van der Waals surface area contributed by atoms with Crippen LogP contribution in [0.4, 0.5) is 5.13 Å². The minimum absolute atomic E-state index is 0.0501. The fraction of sp³-hybridized carbons (Fsp3) is 0.333. The van der Waals surface area contributed by atoms with Crippen molar-refractivity contribution in [3.8, 4) is 0 Å². The molecule has 2 aromatic rings. The molecule has 0 aromatic carbocycles. The van der Waals surface area contributed by atoms with Crippen molar-refractivity contribution in [2.24, 2.45) is 0 Å². The van der Waals surface area contributed by atoms with Crippen LogP contribution < -0.4 is 5.32 Å². The number of hydrogen-bond acceptors (Lipinski definition) is 5. The zero-order valence-electron chi connectivity index (χ0n) is 10.4. The van der Waals surface area contributed by atoms with E-state index in [2.05, 4.69) is 10.3 Å². The number of aromatic carboxylic acids is 1. The second kappa shape index (κ2) is 4.81. The minimum Gasteiger partial charge on any atom is -0.477 e. The zero-order chi connectivity index (χ0) is 13.3. The van der Waals surface area contributed by atoms with Crippen LogP contribution in [0.25, 0.3) is 0 Å². The number of rotatable bonds is 4. The molecule has 0 bridgehead atoms. The molecule has 0 spiro atoms. The average molecular weight is 266 g/mol. The van der Waals surface area contributed by atoms with Gasteiger partial charge in [0.15, 0.2) is 5.13 Å². The molecule has 2 heterocycles. The number of hydrogen-bond donors (Lipinski definition) is 2. The highest BCUT2D eigenvalue weighted by molar-refractivity contribution is 7.17. The number of thiazole rings is 1. The van der Waals surface area contributed by atoms with Gasteiger partial charge in [-0.3, -0.25) is 0 Å². The van der Waals surface area contributed by atoms with Crippen molar-refractivity contribution in [3.63, 3.8) is 0 Å². The lowest BCUT2D eigenvalue weighted by atomic mass is 10.2. The third-order valence-electron chi connectivity index (χ3n) is 2.52. The van der Waals surface area contributed by atoms with Gasteiger partial charge in [-0.25, -0.2) is 9.78 Å². The number of carboxylic acid groups (broad SMARTS) is 1. The van der Waals surface area contributed by atoms with Gasteiger partial charge in [0.2, 0.25) is 0 Å². The monoisotopic (exact) mass is 266 g/mol. The van der Waals surface area contributed by atoms with Crippen molar-refractivity contribution < 1.29 is 14.3 Å². The summed E-state index contributed by atoms with van der Waals surface area (Å²) in [6.45, 7) is 5.51. The summed E-state index contributed by atoms with van der Waals surface area (Å²) in [6.07, 6.45) is 0. The van der Waals surface area contributed by atoms with Gasteiger partial charge in [0.25, 0.3) is 0 Å². The number of carboxylic acids is 1. The average Bonchev–Trinajstić information content (AvgIpc) is 2.85. The fourth-order valence-corrected chi connectivity index (χ4v) is 2.49. The maximum atomic E-state index is 10.9. The van der Waals surface area contributed by atoms with Crippen LogP contribution in [0.5, 0.6) is 0 Å². The molecule has 6 heteroatoms. The lowest BCUT2D eigenvalue weighted by Gasteiger charge is -2.09. The largest absolute Gasteiger partial charge is 0.477 e. The summed E-state index contributed by atoms with van der Waals surface area (Å²) < 4.78 is 5.50. The molecule has 0 saturated heterocycles. The molecule has 0 fully saturated rings. The smallest absolute Gasteiger partial charge is 0.347 e. The highest BCUT2D eigenvalue weighted by atomic mass is 32.1. The van der Waals surface area contributed by atoms with E-state index in [0.29, 0.717) is 10.8 Å². The van der Waals surface area contributed by atoms with E-state index < -0.39 is 5.97 Å². The third-order valence-corrected chi connectivity index (χ3v) is 3.60. The lowest BCUT2D eigenvalue weighted by Crippen LogP contribution is -2.05. The van der Waals surface area contributed by atoms with E-state index in [0.717, 1.165) is 22.9 Å². The maximum absolute atomic E-state index is 10.9. The lowest BCUT2D eigenvalue weighted by molar-refractivity contribution is 0.0701. The Morgan fingerprint density at radius 2 is 2.22 bits per heavy atom. The fourth-order valence-electron chi connectivity index (χ4n) is 1.60. The maximum Gasteiger partial charge on any atom is 0.347 e. The number of aryl methyl sites for hydroxylation is 2. The van der Waals surface area contributed by atoms with Gasteiger partial charge in [0.1, 0.15) is 16.4 Å². The zero-order valence-corrected chi connectivity index (χ0v) is 11.2. The predicted octanol–water partition coefficient (Wildman–Crippen LogP) is 3.22. The summed E-state index contributed by atoms with van der Waals surface area (Å²) in [7, 11) is 0. The Kier molecular flexibility index (Phi) is 3.38. The van der Waals surface area contributed by atoms with Gasteiger partial charge in [-0.2, -0.15) is 0 Å². The van der Waals surface area contributed by atoms with Crippen molar-refractivity contribution in [1.82, 2.24) is 4.98 Å². The van der Waals surface area contributed by atoms with Crippen LogP contribution in [-0.4, -0.2) is 16.1 Å². The molecule has 2 N–H and O–H groups in total. The van der Waals surface area contributed by atoms with Crippen LogP contribution in [0.3, 0.4) is 0 Å². The Labute approximate surface area is 108 Å². The molecule has 1 unspecified atom stereocenters. The van der Waals surface area contributed by atoms with Gasteiger partial charge in [0, 0.05) is 0 Å². The van der Waals surface area contributed by atoms with E-state index in [-0.39, 0.29) is 10.9 Å². The molecule has 2 rings (SSSR count). The van der Waals surface area contributed by atoms with Crippen molar-refractivity contribution in [1.29, 1.82) is 0 Å². The minimum atomic E-state index is -0.945. The highest BCUT2D eigenvalue weighted by Crippen LogP contribution is 2.27. The highest BCUT2D eigenvalue weighted by Gasteiger charge is 2.16. The molecule has 0 aliphatic rings. The molecular formula is C12H14N2O3S. The Morgan fingerprint density at radius 1 is 1.50 bits per heavy atom. The Bertz CT molecular complexity index is 574. The Hall–Kier alpha value is -1.82. The van der Waals surface area contributed by atoms with Gasteiger partial charge >= 0.3 is 5.97 Å². The molecule has 0 aliphatic carbocycles. The molecule has 0 radical (unpaired) electrons. The summed E-state index contributed by atoms with van der Waals surface area (Å²) in [4.78, 5) is 15.4. The van der Waals surface area contributed by atoms with Crippen LogP contribution in [0.1, 0.15) is 39.9 Å². The second-order valence-corrected chi connectivity index (χ2v) is 5.05. The summed E-state index contributed by atoms with van der Waals surface area (Å²) in [6, 6.07) is 3.74. The number of nitrogens with zero attached hydrogens (tertiary/aromatic N) is 1. The second-order valence-electron chi connectivity index (χ2n) is 4.05. The summed E-state index contributed by atoms with van der Waals surface area (Å²) in [5, 5.41) is 12.7. The Morgan fingerprint density at radius 3 is 2.72 bits per heavy atom. The van der Waals surface area contributed by atoms with E-state index in [9.17, 15) is 4.79 Å². The Balaban J connectivity index is 2.14. The van der Waals surface area contributed by atoms with Crippen LogP contribution >= 0.6 is 11.3 Å². The van der Waals surface area contributed by atoms with Crippen molar-refractivity contribution in [2.75, 3.05) is 5.32 Å². The van der Waals surface area contributed by atoms with Gasteiger partial charge in [-0.15, -0.1) is 0 Å². The molecule has 1 atom stereocenters. The van der Waals surface area contributed by atoms with E-state index in [1.165, 1.54) is 0 Å². The molecule has 96 valence electrons. The first-order valence-electron chi connectivity index (χ1n) is 5.51. The third kappa shape index (κ3) is 2.53. The molecule has 18 heavy (non-hydrogen) atoms. The van der Waals surface area contributed by atoms with E-state index >= 15 is 0 Å². The van der Waals surface area contributed by atoms with Crippen LogP contribution in [-0.2, 0) is 0 Å². The van der Waals surface area contributed by atoms with Gasteiger partial charge in [0.05, 0.1) is 11.7 Å². The first-order chi connectivity index (χ1) is 8.47. The number of anilines is 1. The number of carbonyl (C=O) groups is 1. The molecule has 0 saturated carbocycles. The molecule has 0 aliphatic heterocycles. The molecular weight excluding hydrogens is 252 g/mol.